The molecule has 164 valence electrons. The van der Waals surface area contributed by atoms with Gasteiger partial charge in [-0.3, -0.25) is 0 Å². The lowest BCUT2D eigenvalue weighted by molar-refractivity contribution is 0.119. The molecule has 0 bridgehead atoms. The van der Waals surface area contributed by atoms with Crippen molar-refractivity contribution < 1.29 is 17.5 Å². The van der Waals surface area contributed by atoms with Gasteiger partial charge in [-0.15, -0.1) is 0 Å². The SMILES string of the molecule is COC(C)c1cnc(N2CCN(c3ccc(F)c(S(C)(=O)=O)c3)C[C@H]2C(C)C)nc1. The zero-order valence-corrected chi connectivity index (χ0v) is 18.9. The minimum atomic E-state index is -3.63. The van der Waals surface area contributed by atoms with Crippen molar-refractivity contribution >= 4 is 21.5 Å². The van der Waals surface area contributed by atoms with Crippen LogP contribution in [-0.4, -0.2) is 57.4 Å². The third kappa shape index (κ3) is 4.73. The van der Waals surface area contributed by atoms with Gasteiger partial charge in [-0.25, -0.2) is 22.8 Å². The molecule has 0 spiro atoms. The average Bonchev–Trinajstić information content (AvgIpc) is 2.72. The first-order valence-corrected chi connectivity index (χ1v) is 11.9. The molecule has 30 heavy (non-hydrogen) atoms. The third-order valence-electron chi connectivity index (χ3n) is 5.61. The van der Waals surface area contributed by atoms with Gasteiger partial charge in [0, 0.05) is 56.6 Å². The summed E-state index contributed by atoms with van der Waals surface area (Å²) < 4.78 is 43.1. The van der Waals surface area contributed by atoms with Crippen LogP contribution in [0.15, 0.2) is 35.5 Å². The van der Waals surface area contributed by atoms with Crippen molar-refractivity contribution in [3.05, 3.63) is 42.0 Å². The van der Waals surface area contributed by atoms with E-state index in [0.717, 1.165) is 11.8 Å². The Balaban J connectivity index is 1.84. The maximum atomic E-state index is 14.0. The lowest BCUT2D eigenvalue weighted by atomic mass is 9.99. The van der Waals surface area contributed by atoms with E-state index in [1.165, 1.54) is 12.1 Å². The lowest BCUT2D eigenvalue weighted by Crippen LogP contribution is -2.56. The van der Waals surface area contributed by atoms with Crippen LogP contribution in [0.2, 0.25) is 0 Å². The van der Waals surface area contributed by atoms with Gasteiger partial charge in [0.15, 0.2) is 9.84 Å². The first kappa shape index (κ1) is 22.4. The number of hydrogen-bond acceptors (Lipinski definition) is 7. The van der Waals surface area contributed by atoms with Crippen molar-refractivity contribution in [2.75, 3.05) is 42.8 Å². The number of nitrogens with zero attached hydrogens (tertiary/aromatic N) is 4. The van der Waals surface area contributed by atoms with Crippen LogP contribution in [0.25, 0.3) is 0 Å². The summed E-state index contributed by atoms with van der Waals surface area (Å²) in [6.45, 7) is 8.20. The number of benzene rings is 1. The second-order valence-electron chi connectivity index (χ2n) is 8.03. The third-order valence-corrected chi connectivity index (χ3v) is 6.72. The lowest BCUT2D eigenvalue weighted by Gasteiger charge is -2.44. The summed E-state index contributed by atoms with van der Waals surface area (Å²) in [6.07, 6.45) is 4.53. The van der Waals surface area contributed by atoms with E-state index in [1.807, 2.05) is 6.92 Å². The highest BCUT2D eigenvalue weighted by molar-refractivity contribution is 7.90. The first-order valence-electron chi connectivity index (χ1n) is 9.97. The molecule has 1 saturated heterocycles. The Kier molecular flexibility index (Phi) is 6.62. The smallest absolute Gasteiger partial charge is 0.225 e. The van der Waals surface area contributed by atoms with Gasteiger partial charge >= 0.3 is 0 Å². The molecule has 1 fully saturated rings. The Bertz CT molecular complexity index is 982. The van der Waals surface area contributed by atoms with Crippen LogP contribution in [0.4, 0.5) is 16.0 Å². The fourth-order valence-corrected chi connectivity index (χ4v) is 4.42. The Morgan fingerprint density at radius 3 is 2.40 bits per heavy atom. The van der Waals surface area contributed by atoms with E-state index in [4.69, 9.17) is 4.74 Å². The molecule has 0 saturated carbocycles. The molecule has 0 amide bonds. The van der Waals surface area contributed by atoms with Crippen LogP contribution >= 0.6 is 0 Å². The molecule has 2 heterocycles. The molecule has 1 aliphatic heterocycles. The molecular weight excluding hydrogens is 407 g/mol. The van der Waals surface area contributed by atoms with Crippen LogP contribution in [0, 0.1) is 11.7 Å². The highest BCUT2D eigenvalue weighted by Gasteiger charge is 2.31. The fraction of sp³-hybridized carbons (Fsp3) is 0.524. The molecule has 1 aromatic carbocycles. The van der Waals surface area contributed by atoms with E-state index in [0.29, 0.717) is 37.2 Å². The number of anilines is 2. The molecule has 0 aliphatic carbocycles. The number of piperazine rings is 1. The van der Waals surface area contributed by atoms with Crippen molar-refractivity contribution in [2.45, 2.75) is 37.8 Å². The summed E-state index contributed by atoms with van der Waals surface area (Å²) in [5.74, 6) is 0.249. The standard InChI is InChI=1S/C21H29FN4O3S/c1-14(2)19-13-25(17-6-7-18(22)20(10-17)30(5,27)28)8-9-26(19)21-23-11-16(12-24-21)15(3)29-4/h6-7,10-12,14-15,19H,8-9,13H2,1-5H3/t15?,19-/m0/s1. The maximum Gasteiger partial charge on any atom is 0.225 e. The van der Waals surface area contributed by atoms with Gasteiger partial charge in [0.2, 0.25) is 5.95 Å². The molecule has 0 radical (unpaired) electrons. The van der Waals surface area contributed by atoms with E-state index in [-0.39, 0.29) is 17.0 Å². The van der Waals surface area contributed by atoms with Gasteiger partial charge in [-0.05, 0) is 31.0 Å². The van der Waals surface area contributed by atoms with Gasteiger partial charge in [-0.2, -0.15) is 0 Å². The number of halogens is 1. The van der Waals surface area contributed by atoms with Gasteiger partial charge < -0.3 is 14.5 Å². The van der Waals surface area contributed by atoms with Gasteiger partial charge in [0.05, 0.1) is 12.1 Å². The van der Waals surface area contributed by atoms with Gasteiger partial charge in [0.25, 0.3) is 0 Å². The Labute approximate surface area is 177 Å². The van der Waals surface area contributed by atoms with Crippen molar-refractivity contribution in [3.8, 4) is 0 Å². The number of aromatic nitrogens is 2. The summed E-state index contributed by atoms with van der Waals surface area (Å²) in [5, 5.41) is 0. The second kappa shape index (κ2) is 8.85. The zero-order chi connectivity index (χ0) is 22.1. The maximum absolute atomic E-state index is 14.0. The summed E-state index contributed by atoms with van der Waals surface area (Å²) in [6, 6.07) is 4.40. The molecule has 3 rings (SSSR count). The number of sulfone groups is 1. The number of hydrogen-bond donors (Lipinski definition) is 0. The van der Waals surface area contributed by atoms with Crippen molar-refractivity contribution in [1.82, 2.24) is 9.97 Å². The summed E-state index contributed by atoms with van der Waals surface area (Å²) in [4.78, 5) is 13.1. The Hall–Kier alpha value is -2.26. The monoisotopic (exact) mass is 436 g/mol. The van der Waals surface area contributed by atoms with Gasteiger partial charge in [0.1, 0.15) is 10.7 Å². The van der Waals surface area contributed by atoms with E-state index >= 15 is 0 Å². The van der Waals surface area contributed by atoms with Crippen LogP contribution in [0.3, 0.4) is 0 Å². The van der Waals surface area contributed by atoms with Gasteiger partial charge in [-0.1, -0.05) is 13.8 Å². The molecule has 1 aliphatic rings. The number of rotatable bonds is 6. The predicted molar refractivity (Wildman–Crippen MR) is 115 cm³/mol. The van der Waals surface area contributed by atoms with Crippen molar-refractivity contribution in [2.24, 2.45) is 5.92 Å². The molecule has 9 heteroatoms. The highest BCUT2D eigenvalue weighted by atomic mass is 32.2. The van der Waals surface area contributed by atoms with Crippen LogP contribution < -0.4 is 9.80 Å². The van der Waals surface area contributed by atoms with Crippen LogP contribution in [0.5, 0.6) is 0 Å². The highest BCUT2D eigenvalue weighted by Crippen LogP contribution is 2.28. The Morgan fingerprint density at radius 2 is 1.83 bits per heavy atom. The molecule has 2 atom stereocenters. The Morgan fingerprint density at radius 1 is 1.17 bits per heavy atom. The van der Waals surface area contributed by atoms with E-state index < -0.39 is 15.7 Å². The fourth-order valence-electron chi connectivity index (χ4n) is 3.66. The number of methoxy groups -OCH3 is 1. The quantitative estimate of drug-likeness (QED) is 0.689. The molecule has 0 N–H and O–H groups in total. The first-order chi connectivity index (χ1) is 14.1. The van der Waals surface area contributed by atoms with E-state index in [1.54, 1.807) is 25.6 Å². The average molecular weight is 437 g/mol. The normalized spacial score (nSPS) is 18.7. The predicted octanol–water partition coefficient (Wildman–Crippen LogP) is 3.08. The zero-order valence-electron chi connectivity index (χ0n) is 18.0. The molecule has 1 unspecified atom stereocenters. The van der Waals surface area contributed by atoms with E-state index in [2.05, 4.69) is 33.6 Å². The summed E-state index contributed by atoms with van der Waals surface area (Å²) in [5.41, 5.74) is 1.62. The topological polar surface area (TPSA) is 75.6 Å². The summed E-state index contributed by atoms with van der Waals surface area (Å²) in [7, 11) is -1.98. The summed E-state index contributed by atoms with van der Waals surface area (Å²) >= 11 is 0. The largest absolute Gasteiger partial charge is 0.377 e. The van der Waals surface area contributed by atoms with Crippen molar-refractivity contribution in [3.63, 3.8) is 0 Å². The minimum absolute atomic E-state index is 0.0701. The van der Waals surface area contributed by atoms with Crippen LogP contribution in [-0.2, 0) is 14.6 Å². The van der Waals surface area contributed by atoms with E-state index in [9.17, 15) is 12.8 Å². The number of ether oxygens (including phenoxy) is 1. The molecule has 2 aromatic rings. The molecule has 7 nitrogen and oxygen atoms in total. The molecule has 1 aromatic heterocycles. The second-order valence-corrected chi connectivity index (χ2v) is 10.0. The van der Waals surface area contributed by atoms with Crippen LogP contribution in [0.1, 0.15) is 32.4 Å². The minimum Gasteiger partial charge on any atom is -0.377 e. The van der Waals surface area contributed by atoms with Crippen molar-refractivity contribution in [1.29, 1.82) is 0 Å². The molecular formula is C21H29FN4O3S.